The SMILES string of the molecule is CC[C@@H](C)CN1CCOc2cc3c(c(C)c21)CCNCC3. The summed E-state index contributed by atoms with van der Waals surface area (Å²) >= 11 is 0. The molecule has 2 aliphatic rings. The van der Waals surface area contributed by atoms with Gasteiger partial charge in [0.1, 0.15) is 12.4 Å². The number of fused-ring (bicyclic) bond motifs is 2. The van der Waals surface area contributed by atoms with E-state index in [1.54, 1.807) is 5.56 Å². The fraction of sp³-hybridized carbons (Fsp3) is 0.667. The smallest absolute Gasteiger partial charge is 0.143 e. The molecule has 3 heteroatoms. The Morgan fingerprint density at radius 2 is 2.14 bits per heavy atom. The van der Waals surface area contributed by atoms with Crippen LogP contribution in [0.2, 0.25) is 0 Å². The maximum Gasteiger partial charge on any atom is 0.143 e. The lowest BCUT2D eigenvalue weighted by atomic mass is 9.94. The van der Waals surface area contributed by atoms with Crippen LogP contribution in [-0.4, -0.2) is 32.8 Å². The molecule has 21 heavy (non-hydrogen) atoms. The lowest BCUT2D eigenvalue weighted by molar-refractivity contribution is 0.302. The topological polar surface area (TPSA) is 24.5 Å². The summed E-state index contributed by atoms with van der Waals surface area (Å²) in [5.74, 6) is 1.85. The number of hydrogen-bond donors (Lipinski definition) is 1. The van der Waals surface area contributed by atoms with Gasteiger partial charge in [0.2, 0.25) is 0 Å². The second-order valence-electron chi connectivity index (χ2n) is 6.54. The lowest BCUT2D eigenvalue weighted by Crippen LogP contribution is -2.36. The zero-order chi connectivity index (χ0) is 14.8. The summed E-state index contributed by atoms with van der Waals surface area (Å²) in [5, 5.41) is 3.51. The van der Waals surface area contributed by atoms with E-state index in [9.17, 15) is 0 Å². The highest BCUT2D eigenvalue weighted by atomic mass is 16.5. The maximum atomic E-state index is 5.99. The van der Waals surface area contributed by atoms with E-state index in [0.717, 1.165) is 57.3 Å². The van der Waals surface area contributed by atoms with Gasteiger partial charge in [-0.2, -0.15) is 0 Å². The predicted octanol–water partition coefficient (Wildman–Crippen LogP) is 2.93. The molecule has 0 unspecified atom stereocenters. The quantitative estimate of drug-likeness (QED) is 0.925. The van der Waals surface area contributed by atoms with E-state index < -0.39 is 0 Å². The van der Waals surface area contributed by atoms with Crippen molar-refractivity contribution in [2.75, 3.05) is 37.7 Å². The van der Waals surface area contributed by atoms with Crippen LogP contribution in [0.25, 0.3) is 0 Å². The number of nitrogens with one attached hydrogen (secondary N) is 1. The van der Waals surface area contributed by atoms with Crippen LogP contribution in [-0.2, 0) is 12.8 Å². The fourth-order valence-corrected chi connectivity index (χ4v) is 3.58. The highest BCUT2D eigenvalue weighted by Crippen LogP contribution is 2.39. The Balaban J connectivity index is 1.99. The monoisotopic (exact) mass is 288 g/mol. The van der Waals surface area contributed by atoms with Crippen molar-refractivity contribution >= 4 is 5.69 Å². The largest absolute Gasteiger partial charge is 0.490 e. The summed E-state index contributed by atoms with van der Waals surface area (Å²) in [5.41, 5.74) is 5.86. The number of benzene rings is 1. The van der Waals surface area contributed by atoms with Gasteiger partial charge in [-0.15, -0.1) is 0 Å². The van der Waals surface area contributed by atoms with E-state index in [-0.39, 0.29) is 0 Å². The van der Waals surface area contributed by atoms with Crippen molar-refractivity contribution < 1.29 is 4.74 Å². The lowest BCUT2D eigenvalue weighted by Gasteiger charge is -2.35. The van der Waals surface area contributed by atoms with Gasteiger partial charge in [-0.3, -0.25) is 0 Å². The summed E-state index contributed by atoms with van der Waals surface area (Å²) in [6, 6.07) is 2.31. The molecule has 0 aromatic heterocycles. The maximum absolute atomic E-state index is 5.99. The van der Waals surface area contributed by atoms with Crippen LogP contribution < -0.4 is 15.0 Å². The Bertz CT molecular complexity index is 512. The van der Waals surface area contributed by atoms with Crippen LogP contribution in [0, 0.1) is 12.8 Å². The Morgan fingerprint density at radius 1 is 1.33 bits per heavy atom. The van der Waals surface area contributed by atoms with Gasteiger partial charge in [0, 0.05) is 6.54 Å². The normalized spacial score (nSPS) is 19.3. The molecule has 116 valence electrons. The van der Waals surface area contributed by atoms with Crippen LogP contribution in [0.5, 0.6) is 5.75 Å². The first-order chi connectivity index (χ1) is 10.2. The molecule has 0 bridgehead atoms. The molecule has 2 aliphatic heterocycles. The standard InChI is InChI=1S/C18H28N2O/c1-4-13(2)12-20-9-10-21-17-11-15-5-7-19-8-6-16(15)14(3)18(17)20/h11,13,19H,4-10,12H2,1-3H3/t13-/m1/s1. The number of anilines is 1. The molecule has 2 heterocycles. The van der Waals surface area contributed by atoms with E-state index in [1.807, 2.05) is 0 Å². The first-order valence-corrected chi connectivity index (χ1v) is 8.44. The Kier molecular flexibility index (Phi) is 4.39. The van der Waals surface area contributed by atoms with Crippen LogP contribution in [0.4, 0.5) is 5.69 Å². The van der Waals surface area contributed by atoms with Gasteiger partial charge < -0.3 is 15.0 Å². The fourth-order valence-electron chi connectivity index (χ4n) is 3.58. The molecule has 3 nitrogen and oxygen atoms in total. The summed E-state index contributed by atoms with van der Waals surface area (Å²) < 4.78 is 5.99. The molecule has 1 aromatic rings. The van der Waals surface area contributed by atoms with Gasteiger partial charge in [-0.25, -0.2) is 0 Å². The van der Waals surface area contributed by atoms with E-state index in [2.05, 4.69) is 37.1 Å². The highest BCUT2D eigenvalue weighted by Gasteiger charge is 2.25. The van der Waals surface area contributed by atoms with Gasteiger partial charge in [0.25, 0.3) is 0 Å². The molecule has 1 atom stereocenters. The second kappa shape index (κ2) is 6.27. The Labute approximate surface area is 128 Å². The minimum atomic E-state index is 0.732. The molecule has 0 spiro atoms. The molecule has 0 radical (unpaired) electrons. The molecule has 0 amide bonds. The van der Waals surface area contributed by atoms with E-state index in [1.165, 1.54) is 23.2 Å². The van der Waals surface area contributed by atoms with Gasteiger partial charge in [-0.1, -0.05) is 20.3 Å². The number of rotatable bonds is 3. The van der Waals surface area contributed by atoms with Crippen LogP contribution in [0.3, 0.4) is 0 Å². The van der Waals surface area contributed by atoms with Crippen molar-refractivity contribution in [3.63, 3.8) is 0 Å². The second-order valence-corrected chi connectivity index (χ2v) is 6.54. The number of ether oxygens (including phenoxy) is 1. The highest BCUT2D eigenvalue weighted by molar-refractivity contribution is 5.69. The molecule has 0 fully saturated rings. The Hall–Kier alpha value is -1.22. The average Bonchev–Trinajstić information content (AvgIpc) is 2.73. The number of hydrogen-bond acceptors (Lipinski definition) is 3. The van der Waals surface area contributed by atoms with Crippen molar-refractivity contribution in [2.45, 2.75) is 40.0 Å². The van der Waals surface area contributed by atoms with Gasteiger partial charge in [0.05, 0.1) is 12.2 Å². The van der Waals surface area contributed by atoms with E-state index >= 15 is 0 Å². The average molecular weight is 288 g/mol. The molecule has 1 aromatic carbocycles. The minimum Gasteiger partial charge on any atom is -0.490 e. The van der Waals surface area contributed by atoms with Gasteiger partial charge >= 0.3 is 0 Å². The van der Waals surface area contributed by atoms with Crippen molar-refractivity contribution in [1.29, 1.82) is 0 Å². The van der Waals surface area contributed by atoms with Crippen LogP contribution in [0.15, 0.2) is 6.07 Å². The first kappa shape index (κ1) is 14.7. The van der Waals surface area contributed by atoms with E-state index in [0.29, 0.717) is 0 Å². The third-order valence-electron chi connectivity index (χ3n) is 5.02. The van der Waals surface area contributed by atoms with Crippen molar-refractivity contribution in [3.05, 3.63) is 22.8 Å². The van der Waals surface area contributed by atoms with Crippen molar-refractivity contribution in [3.8, 4) is 5.75 Å². The molecular formula is C18H28N2O. The van der Waals surface area contributed by atoms with Crippen LogP contribution >= 0.6 is 0 Å². The van der Waals surface area contributed by atoms with Crippen molar-refractivity contribution in [1.82, 2.24) is 5.32 Å². The molecule has 3 rings (SSSR count). The minimum absolute atomic E-state index is 0.732. The molecular weight excluding hydrogens is 260 g/mol. The van der Waals surface area contributed by atoms with Crippen LogP contribution in [0.1, 0.15) is 37.0 Å². The summed E-state index contributed by atoms with van der Waals surface area (Å²) in [6.07, 6.45) is 3.50. The van der Waals surface area contributed by atoms with Gasteiger partial charge in [0.15, 0.2) is 0 Å². The zero-order valence-corrected chi connectivity index (χ0v) is 13.7. The Morgan fingerprint density at radius 3 is 2.95 bits per heavy atom. The number of nitrogens with zero attached hydrogens (tertiary/aromatic N) is 1. The predicted molar refractivity (Wildman–Crippen MR) is 88.6 cm³/mol. The third kappa shape index (κ3) is 2.89. The summed E-state index contributed by atoms with van der Waals surface area (Å²) in [4.78, 5) is 2.56. The molecule has 0 saturated heterocycles. The van der Waals surface area contributed by atoms with Gasteiger partial charge in [-0.05, 0) is 61.5 Å². The third-order valence-corrected chi connectivity index (χ3v) is 5.02. The zero-order valence-electron chi connectivity index (χ0n) is 13.7. The molecule has 1 N–H and O–H groups in total. The summed E-state index contributed by atoms with van der Waals surface area (Å²) in [6.45, 7) is 12.1. The van der Waals surface area contributed by atoms with E-state index in [4.69, 9.17) is 4.74 Å². The molecule has 0 saturated carbocycles. The molecule has 0 aliphatic carbocycles. The first-order valence-electron chi connectivity index (χ1n) is 8.44. The summed E-state index contributed by atoms with van der Waals surface area (Å²) in [7, 11) is 0. The van der Waals surface area contributed by atoms with Crippen molar-refractivity contribution in [2.24, 2.45) is 5.92 Å².